The Morgan fingerprint density at radius 1 is 1.15 bits per heavy atom. The van der Waals surface area contributed by atoms with Gasteiger partial charge in [0.2, 0.25) is 5.91 Å². The van der Waals surface area contributed by atoms with Crippen molar-refractivity contribution >= 4 is 46.1 Å². The van der Waals surface area contributed by atoms with Crippen LogP contribution in [0.1, 0.15) is 0 Å². The summed E-state index contributed by atoms with van der Waals surface area (Å²) in [6.07, 6.45) is 0. The highest BCUT2D eigenvalue weighted by atomic mass is 32.1. The van der Waals surface area contributed by atoms with E-state index in [1.54, 1.807) is 24.3 Å². The Kier molecular flexibility index (Phi) is 4.21. The van der Waals surface area contributed by atoms with Gasteiger partial charge in [0.1, 0.15) is 23.4 Å². The lowest BCUT2D eigenvalue weighted by atomic mass is 10.2. The van der Waals surface area contributed by atoms with Gasteiger partial charge in [0.15, 0.2) is 0 Å². The molecular weight excluding hydrogens is 357 g/mol. The largest absolute Gasteiger partial charge is 0.325 e. The molecule has 4 rings (SSSR count). The summed E-state index contributed by atoms with van der Waals surface area (Å²) < 4.78 is 21.3. The number of anilines is 2. The van der Waals surface area contributed by atoms with E-state index in [1.807, 2.05) is 6.07 Å². The second kappa shape index (κ2) is 6.68. The number of hydrogen-bond donors (Lipinski definition) is 1. The van der Waals surface area contributed by atoms with E-state index in [-0.39, 0.29) is 24.3 Å². The van der Waals surface area contributed by atoms with Crippen LogP contribution in [0.25, 0.3) is 11.0 Å². The summed E-state index contributed by atoms with van der Waals surface area (Å²) in [5.41, 5.74) is 2.53. The fraction of sp³-hybridized carbons (Fsp3) is 0.176. The summed E-state index contributed by atoms with van der Waals surface area (Å²) in [5.74, 6) is -0.665. The third-order valence-corrected chi connectivity index (χ3v) is 4.67. The van der Waals surface area contributed by atoms with Crippen LogP contribution in [0.3, 0.4) is 0 Å². The predicted octanol–water partition coefficient (Wildman–Crippen LogP) is 2.71. The number of amides is 3. The number of fused-ring (bicyclic) bond motifs is 1. The third-order valence-electron chi connectivity index (χ3n) is 4.13. The first-order chi connectivity index (χ1) is 12.6. The number of rotatable bonds is 4. The van der Waals surface area contributed by atoms with Crippen LogP contribution < -0.4 is 10.2 Å². The first kappa shape index (κ1) is 16.4. The minimum absolute atomic E-state index is 0.0650. The second-order valence-corrected chi connectivity index (χ2v) is 6.35. The van der Waals surface area contributed by atoms with E-state index < -0.39 is 0 Å². The molecule has 1 N–H and O–H groups in total. The Morgan fingerprint density at radius 3 is 2.77 bits per heavy atom. The highest BCUT2D eigenvalue weighted by Gasteiger charge is 2.30. The van der Waals surface area contributed by atoms with Gasteiger partial charge < -0.3 is 10.2 Å². The molecular formula is C17H14FN5O2S. The van der Waals surface area contributed by atoms with Crippen LogP contribution in [-0.2, 0) is 4.79 Å². The van der Waals surface area contributed by atoms with Crippen molar-refractivity contribution in [3.8, 4) is 0 Å². The topological polar surface area (TPSA) is 78.4 Å². The first-order valence-corrected chi connectivity index (χ1v) is 8.68. The standard InChI is InChI=1S/C17H14FN5O2S/c18-11-4-6-12(7-5-11)23-9-8-22(17(23)25)10-15(24)19-13-2-1-3-14-16(13)21-26-20-14/h1-7H,8-10H2,(H,19,24). The van der Waals surface area contributed by atoms with Gasteiger partial charge in [-0.1, -0.05) is 6.07 Å². The van der Waals surface area contributed by atoms with Crippen LogP contribution in [0.4, 0.5) is 20.6 Å². The fourth-order valence-corrected chi connectivity index (χ4v) is 3.41. The van der Waals surface area contributed by atoms with E-state index in [9.17, 15) is 14.0 Å². The quantitative estimate of drug-likeness (QED) is 0.765. The van der Waals surface area contributed by atoms with Crippen LogP contribution >= 0.6 is 11.7 Å². The summed E-state index contributed by atoms with van der Waals surface area (Å²) in [5, 5.41) is 2.78. The summed E-state index contributed by atoms with van der Waals surface area (Å²) in [7, 11) is 0. The van der Waals surface area contributed by atoms with Crippen molar-refractivity contribution in [1.29, 1.82) is 0 Å². The molecule has 0 aliphatic carbocycles. The van der Waals surface area contributed by atoms with Crippen LogP contribution in [0.2, 0.25) is 0 Å². The van der Waals surface area contributed by atoms with E-state index in [1.165, 1.54) is 21.9 Å². The molecule has 1 aliphatic rings. The molecule has 1 saturated heterocycles. The van der Waals surface area contributed by atoms with E-state index in [0.717, 1.165) is 11.7 Å². The minimum atomic E-state index is -0.359. The SMILES string of the molecule is O=C(CN1CCN(c2ccc(F)cc2)C1=O)Nc1cccc2nsnc12. The lowest BCUT2D eigenvalue weighted by Gasteiger charge is -2.18. The Labute approximate surface area is 152 Å². The van der Waals surface area contributed by atoms with Crippen molar-refractivity contribution in [2.24, 2.45) is 0 Å². The molecule has 2 aromatic carbocycles. The number of carbonyl (C=O) groups is 2. The number of halogens is 1. The number of benzene rings is 2. The van der Waals surface area contributed by atoms with Gasteiger partial charge in [0.25, 0.3) is 0 Å². The van der Waals surface area contributed by atoms with Crippen molar-refractivity contribution in [1.82, 2.24) is 13.6 Å². The summed E-state index contributed by atoms with van der Waals surface area (Å²) in [6.45, 7) is 0.805. The predicted molar refractivity (Wildman–Crippen MR) is 96.8 cm³/mol. The van der Waals surface area contributed by atoms with E-state index in [0.29, 0.717) is 35.5 Å². The maximum absolute atomic E-state index is 13.0. The summed E-state index contributed by atoms with van der Waals surface area (Å²) in [4.78, 5) is 27.8. The molecule has 0 atom stereocenters. The normalized spacial score (nSPS) is 14.3. The molecule has 0 radical (unpaired) electrons. The third kappa shape index (κ3) is 3.08. The monoisotopic (exact) mass is 371 g/mol. The molecule has 1 aromatic heterocycles. The Balaban J connectivity index is 1.43. The fourth-order valence-electron chi connectivity index (χ4n) is 2.86. The maximum atomic E-state index is 13.0. The van der Waals surface area contributed by atoms with Crippen LogP contribution in [0.5, 0.6) is 0 Å². The van der Waals surface area contributed by atoms with E-state index in [4.69, 9.17) is 0 Å². The molecule has 1 fully saturated rings. The molecule has 9 heteroatoms. The molecule has 3 amide bonds. The van der Waals surface area contributed by atoms with Crippen molar-refractivity contribution < 1.29 is 14.0 Å². The maximum Gasteiger partial charge on any atom is 0.325 e. The van der Waals surface area contributed by atoms with Gasteiger partial charge in [-0.3, -0.25) is 9.69 Å². The zero-order valence-corrected chi connectivity index (χ0v) is 14.4. The number of nitrogens with one attached hydrogen (secondary N) is 1. The second-order valence-electron chi connectivity index (χ2n) is 5.82. The molecule has 1 aliphatic heterocycles. The number of carbonyl (C=O) groups excluding carboxylic acids is 2. The van der Waals surface area contributed by atoms with Gasteiger partial charge in [-0.2, -0.15) is 8.75 Å². The van der Waals surface area contributed by atoms with Crippen LogP contribution in [0, 0.1) is 5.82 Å². The molecule has 0 spiro atoms. The van der Waals surface area contributed by atoms with Gasteiger partial charge in [-0.15, -0.1) is 0 Å². The first-order valence-electron chi connectivity index (χ1n) is 7.95. The molecule has 3 aromatic rings. The average Bonchev–Trinajstić information content (AvgIpc) is 3.24. The van der Waals surface area contributed by atoms with Gasteiger partial charge in [-0.05, 0) is 36.4 Å². The Bertz CT molecular complexity index is 975. The summed E-state index contributed by atoms with van der Waals surface area (Å²) in [6, 6.07) is 10.8. The van der Waals surface area contributed by atoms with Crippen molar-refractivity contribution in [2.75, 3.05) is 29.9 Å². The number of hydrogen-bond acceptors (Lipinski definition) is 5. The Hall–Kier alpha value is -3.07. The molecule has 7 nitrogen and oxygen atoms in total. The molecule has 26 heavy (non-hydrogen) atoms. The van der Waals surface area contributed by atoms with Gasteiger partial charge in [0.05, 0.1) is 17.4 Å². The Morgan fingerprint density at radius 2 is 1.96 bits per heavy atom. The van der Waals surface area contributed by atoms with Crippen molar-refractivity contribution in [3.05, 3.63) is 48.3 Å². The van der Waals surface area contributed by atoms with Gasteiger partial charge in [-0.25, -0.2) is 9.18 Å². The molecule has 2 heterocycles. The minimum Gasteiger partial charge on any atom is -0.323 e. The smallest absolute Gasteiger partial charge is 0.323 e. The number of urea groups is 1. The highest BCUT2D eigenvalue weighted by Crippen LogP contribution is 2.22. The number of aromatic nitrogens is 2. The van der Waals surface area contributed by atoms with Gasteiger partial charge >= 0.3 is 6.03 Å². The van der Waals surface area contributed by atoms with Crippen LogP contribution in [-0.4, -0.2) is 45.2 Å². The zero-order valence-electron chi connectivity index (χ0n) is 13.6. The van der Waals surface area contributed by atoms with E-state index >= 15 is 0 Å². The highest BCUT2D eigenvalue weighted by molar-refractivity contribution is 7.00. The van der Waals surface area contributed by atoms with Crippen molar-refractivity contribution in [3.63, 3.8) is 0 Å². The lowest BCUT2D eigenvalue weighted by Crippen LogP contribution is -2.37. The number of nitrogens with zero attached hydrogens (tertiary/aromatic N) is 4. The van der Waals surface area contributed by atoms with Crippen LogP contribution in [0.15, 0.2) is 42.5 Å². The summed E-state index contributed by atoms with van der Waals surface area (Å²) >= 11 is 1.08. The van der Waals surface area contributed by atoms with Crippen molar-refractivity contribution in [2.45, 2.75) is 0 Å². The molecule has 0 saturated carbocycles. The van der Waals surface area contributed by atoms with Gasteiger partial charge in [0, 0.05) is 18.8 Å². The lowest BCUT2D eigenvalue weighted by molar-refractivity contribution is -0.116. The molecule has 0 unspecified atom stereocenters. The zero-order chi connectivity index (χ0) is 18.1. The average molecular weight is 371 g/mol. The van der Waals surface area contributed by atoms with E-state index in [2.05, 4.69) is 14.1 Å². The molecule has 132 valence electrons. The molecule has 0 bridgehead atoms.